The van der Waals surface area contributed by atoms with Gasteiger partial charge in [0, 0.05) is 25.8 Å². The quantitative estimate of drug-likeness (QED) is 0.677. The van der Waals surface area contributed by atoms with Crippen LogP contribution >= 0.6 is 0 Å². The normalized spacial score (nSPS) is 14.9. The summed E-state index contributed by atoms with van der Waals surface area (Å²) < 4.78 is 7.06. The van der Waals surface area contributed by atoms with Crippen molar-refractivity contribution in [2.75, 3.05) is 26.7 Å². The van der Waals surface area contributed by atoms with Gasteiger partial charge in [0.25, 0.3) is 0 Å². The maximum atomic E-state index is 5.19. The summed E-state index contributed by atoms with van der Waals surface area (Å²) in [5, 5.41) is 7.99. The summed E-state index contributed by atoms with van der Waals surface area (Å²) in [6.07, 6.45) is 4.46. The summed E-state index contributed by atoms with van der Waals surface area (Å²) in [4.78, 5) is 7.06. The molecule has 2 heterocycles. The van der Waals surface area contributed by atoms with Crippen LogP contribution in [0.15, 0.2) is 41.5 Å². The highest BCUT2D eigenvalue weighted by Crippen LogP contribution is 2.15. The molecule has 1 N–H and O–H groups in total. The van der Waals surface area contributed by atoms with E-state index >= 15 is 0 Å². The first-order valence-corrected chi connectivity index (χ1v) is 8.52. The van der Waals surface area contributed by atoms with Crippen molar-refractivity contribution in [2.45, 2.75) is 26.3 Å². The van der Waals surface area contributed by atoms with Gasteiger partial charge in [-0.1, -0.05) is 0 Å². The van der Waals surface area contributed by atoms with Crippen LogP contribution < -0.4 is 10.1 Å². The van der Waals surface area contributed by atoms with Crippen molar-refractivity contribution >= 4 is 5.96 Å². The number of rotatable bonds is 5. The molecular formula is C18H25N5O. The van der Waals surface area contributed by atoms with Gasteiger partial charge in [-0.15, -0.1) is 0 Å². The summed E-state index contributed by atoms with van der Waals surface area (Å²) in [5.74, 6) is 1.84. The number of guanidine groups is 1. The monoisotopic (exact) mass is 327 g/mol. The fourth-order valence-electron chi connectivity index (χ4n) is 2.84. The molecule has 2 aromatic rings. The summed E-state index contributed by atoms with van der Waals surface area (Å²) in [7, 11) is 1.67. The Kier molecular flexibility index (Phi) is 5.36. The van der Waals surface area contributed by atoms with E-state index in [1.807, 2.05) is 41.2 Å². The summed E-state index contributed by atoms with van der Waals surface area (Å²) in [6.45, 7) is 5.75. The lowest BCUT2D eigenvalue weighted by atomic mass is 10.3. The molecule has 0 unspecified atom stereocenters. The Bertz CT molecular complexity index is 671. The van der Waals surface area contributed by atoms with E-state index in [9.17, 15) is 0 Å². The Balaban J connectivity index is 1.68. The number of nitrogens with zero attached hydrogens (tertiary/aromatic N) is 4. The largest absolute Gasteiger partial charge is 0.497 e. The van der Waals surface area contributed by atoms with Crippen molar-refractivity contribution in [1.29, 1.82) is 0 Å². The average molecular weight is 327 g/mol. The third-order valence-corrected chi connectivity index (χ3v) is 4.11. The Hall–Kier alpha value is -2.50. The minimum absolute atomic E-state index is 0.585. The van der Waals surface area contributed by atoms with Crippen LogP contribution in [0.25, 0.3) is 5.69 Å². The number of nitrogens with one attached hydrogen (secondary N) is 1. The minimum atomic E-state index is 0.585. The summed E-state index contributed by atoms with van der Waals surface area (Å²) in [5.41, 5.74) is 1.97. The van der Waals surface area contributed by atoms with Crippen molar-refractivity contribution in [3.05, 3.63) is 42.2 Å². The minimum Gasteiger partial charge on any atom is -0.497 e. The first-order valence-electron chi connectivity index (χ1n) is 8.52. The summed E-state index contributed by atoms with van der Waals surface area (Å²) in [6, 6.07) is 9.87. The molecule has 1 aliphatic rings. The van der Waals surface area contributed by atoms with Crippen molar-refractivity contribution in [3.63, 3.8) is 0 Å². The Labute approximate surface area is 143 Å². The number of hydrogen-bond donors (Lipinski definition) is 1. The van der Waals surface area contributed by atoms with Crippen LogP contribution in [-0.4, -0.2) is 47.4 Å². The maximum absolute atomic E-state index is 5.19. The molecule has 0 spiro atoms. The van der Waals surface area contributed by atoms with E-state index in [2.05, 4.69) is 22.2 Å². The van der Waals surface area contributed by atoms with E-state index in [0.29, 0.717) is 6.54 Å². The SMILES string of the molecule is CCNC(=NCc1ccn(-c2ccc(OC)cc2)n1)N1CCCC1. The molecule has 6 nitrogen and oxygen atoms in total. The molecule has 0 saturated carbocycles. The van der Waals surface area contributed by atoms with E-state index in [1.54, 1.807) is 7.11 Å². The maximum Gasteiger partial charge on any atom is 0.194 e. The van der Waals surface area contributed by atoms with E-state index in [1.165, 1.54) is 12.8 Å². The molecule has 1 saturated heterocycles. The van der Waals surface area contributed by atoms with Crippen LogP contribution in [0.5, 0.6) is 5.75 Å². The lowest BCUT2D eigenvalue weighted by molar-refractivity contribution is 0.414. The number of benzene rings is 1. The Morgan fingerprint density at radius 2 is 1.96 bits per heavy atom. The second-order valence-electron chi connectivity index (χ2n) is 5.81. The Morgan fingerprint density at radius 1 is 1.21 bits per heavy atom. The number of hydrogen-bond acceptors (Lipinski definition) is 3. The molecule has 0 radical (unpaired) electrons. The van der Waals surface area contributed by atoms with Crippen molar-refractivity contribution < 1.29 is 4.74 Å². The standard InChI is InChI=1S/C18H25N5O/c1-3-19-18(22-11-4-5-12-22)20-14-15-10-13-23(21-15)16-6-8-17(24-2)9-7-16/h6-10,13H,3-5,11-12,14H2,1-2H3,(H,19,20). The number of aromatic nitrogens is 2. The Morgan fingerprint density at radius 3 is 2.62 bits per heavy atom. The molecular weight excluding hydrogens is 302 g/mol. The van der Waals surface area contributed by atoms with Crippen molar-refractivity contribution in [3.8, 4) is 11.4 Å². The fourth-order valence-corrected chi connectivity index (χ4v) is 2.84. The highest BCUT2D eigenvalue weighted by molar-refractivity contribution is 5.80. The van der Waals surface area contributed by atoms with E-state index < -0.39 is 0 Å². The summed E-state index contributed by atoms with van der Waals surface area (Å²) >= 11 is 0. The molecule has 6 heteroatoms. The van der Waals surface area contributed by atoms with Crippen LogP contribution in [0.4, 0.5) is 0 Å². The molecule has 1 aromatic carbocycles. The third kappa shape index (κ3) is 3.88. The molecule has 1 aliphatic heterocycles. The highest BCUT2D eigenvalue weighted by atomic mass is 16.5. The molecule has 0 aliphatic carbocycles. The number of methoxy groups -OCH3 is 1. The van der Waals surface area contributed by atoms with Crippen molar-refractivity contribution in [2.24, 2.45) is 4.99 Å². The molecule has 1 fully saturated rings. The predicted molar refractivity (Wildman–Crippen MR) is 95.7 cm³/mol. The van der Waals surface area contributed by atoms with Gasteiger partial charge in [0.05, 0.1) is 25.0 Å². The molecule has 0 bridgehead atoms. The molecule has 1 aromatic heterocycles. The van der Waals surface area contributed by atoms with Crippen molar-refractivity contribution in [1.82, 2.24) is 20.0 Å². The molecule has 0 amide bonds. The first-order chi connectivity index (χ1) is 11.8. The van der Waals surface area contributed by atoms with E-state index in [-0.39, 0.29) is 0 Å². The molecule has 24 heavy (non-hydrogen) atoms. The van der Waals surface area contributed by atoms with Gasteiger partial charge >= 0.3 is 0 Å². The number of aliphatic imine (C=N–C) groups is 1. The number of ether oxygens (including phenoxy) is 1. The smallest absolute Gasteiger partial charge is 0.194 e. The zero-order valence-electron chi connectivity index (χ0n) is 14.4. The van der Waals surface area contributed by atoms with Crippen LogP contribution in [0.3, 0.4) is 0 Å². The molecule has 128 valence electrons. The highest BCUT2D eigenvalue weighted by Gasteiger charge is 2.15. The van der Waals surface area contributed by atoms with Crippen LogP contribution in [0.2, 0.25) is 0 Å². The fraction of sp³-hybridized carbons (Fsp3) is 0.444. The van der Waals surface area contributed by atoms with Crippen LogP contribution in [-0.2, 0) is 6.54 Å². The zero-order chi connectivity index (χ0) is 16.8. The number of likely N-dealkylation sites (tertiary alicyclic amines) is 1. The molecule has 3 rings (SSSR count). The zero-order valence-corrected chi connectivity index (χ0v) is 14.4. The lowest BCUT2D eigenvalue weighted by Gasteiger charge is -2.20. The van der Waals surface area contributed by atoms with Gasteiger partial charge in [-0.05, 0) is 50.1 Å². The lowest BCUT2D eigenvalue weighted by Crippen LogP contribution is -2.39. The molecule has 0 atom stereocenters. The second-order valence-corrected chi connectivity index (χ2v) is 5.81. The third-order valence-electron chi connectivity index (χ3n) is 4.11. The average Bonchev–Trinajstić information content (AvgIpc) is 3.30. The van der Waals surface area contributed by atoms with Gasteiger partial charge in [-0.25, -0.2) is 9.67 Å². The van der Waals surface area contributed by atoms with E-state index in [0.717, 1.165) is 42.7 Å². The van der Waals surface area contributed by atoms with Crippen LogP contribution in [0.1, 0.15) is 25.5 Å². The topological polar surface area (TPSA) is 54.7 Å². The van der Waals surface area contributed by atoms with Gasteiger partial charge in [-0.3, -0.25) is 0 Å². The second kappa shape index (κ2) is 7.86. The predicted octanol–water partition coefficient (Wildman–Crippen LogP) is 2.44. The van der Waals surface area contributed by atoms with Gasteiger partial charge in [0.2, 0.25) is 0 Å². The van der Waals surface area contributed by atoms with Gasteiger partial charge in [0.1, 0.15) is 5.75 Å². The van der Waals surface area contributed by atoms with Gasteiger partial charge in [-0.2, -0.15) is 5.10 Å². The van der Waals surface area contributed by atoms with Crippen LogP contribution in [0, 0.1) is 0 Å². The van der Waals surface area contributed by atoms with Gasteiger partial charge < -0.3 is 15.0 Å². The first kappa shape index (κ1) is 16.4. The van der Waals surface area contributed by atoms with E-state index in [4.69, 9.17) is 9.73 Å². The van der Waals surface area contributed by atoms with Gasteiger partial charge in [0.15, 0.2) is 5.96 Å².